The molecule has 0 spiro atoms. The van der Waals surface area contributed by atoms with E-state index in [0.717, 1.165) is 4.88 Å². The number of carbonyl (C=O) groups is 3. The molecule has 1 atom stereocenters. The van der Waals surface area contributed by atoms with Gasteiger partial charge in [0.05, 0.1) is 18.9 Å². The number of hydrogen-bond acceptors (Lipinski definition) is 4. The Bertz CT molecular complexity index is 544. The zero-order valence-electron chi connectivity index (χ0n) is 12.5. The maximum Gasteiger partial charge on any atom is 0.308 e. The van der Waals surface area contributed by atoms with Crippen LogP contribution in [0.15, 0.2) is 17.5 Å². The largest absolute Gasteiger partial charge is 0.481 e. The van der Waals surface area contributed by atoms with Crippen molar-refractivity contribution in [3.8, 4) is 0 Å². The Morgan fingerprint density at radius 1 is 1.45 bits per heavy atom. The summed E-state index contributed by atoms with van der Waals surface area (Å²) in [5, 5.41) is 11.0. The summed E-state index contributed by atoms with van der Waals surface area (Å²) in [6.45, 7) is 0.799. The highest BCUT2D eigenvalue weighted by atomic mass is 32.1. The third kappa shape index (κ3) is 4.30. The van der Waals surface area contributed by atoms with Crippen molar-refractivity contribution < 1.29 is 19.5 Å². The Labute approximate surface area is 133 Å². The van der Waals surface area contributed by atoms with Gasteiger partial charge in [-0.1, -0.05) is 6.07 Å². The van der Waals surface area contributed by atoms with Crippen LogP contribution in [0.3, 0.4) is 0 Å². The lowest BCUT2D eigenvalue weighted by Crippen LogP contribution is -2.47. The summed E-state index contributed by atoms with van der Waals surface area (Å²) in [6, 6.07) is 3.78. The van der Waals surface area contributed by atoms with Crippen LogP contribution in [-0.2, 0) is 20.8 Å². The van der Waals surface area contributed by atoms with E-state index in [1.807, 2.05) is 17.5 Å². The number of rotatable bonds is 5. The van der Waals surface area contributed by atoms with Gasteiger partial charge in [0.25, 0.3) is 0 Å². The fourth-order valence-corrected chi connectivity index (χ4v) is 3.19. The summed E-state index contributed by atoms with van der Waals surface area (Å²) in [6.07, 6.45) is 1.58. The molecule has 7 heteroatoms. The minimum absolute atomic E-state index is 0.00342. The fraction of sp³-hybridized carbons (Fsp3) is 0.533. The number of carboxylic acids is 1. The molecule has 1 N–H and O–H groups in total. The molecule has 1 fully saturated rings. The number of carboxylic acid groups (broad SMARTS) is 1. The number of piperidine rings is 1. The van der Waals surface area contributed by atoms with Gasteiger partial charge in [0.15, 0.2) is 0 Å². The molecule has 1 aromatic heterocycles. The van der Waals surface area contributed by atoms with Crippen LogP contribution in [0.5, 0.6) is 0 Å². The Balaban J connectivity index is 1.85. The molecule has 1 unspecified atom stereocenters. The second-order valence-electron chi connectivity index (χ2n) is 5.52. The van der Waals surface area contributed by atoms with Crippen molar-refractivity contribution in [1.82, 2.24) is 9.80 Å². The minimum atomic E-state index is -0.861. The van der Waals surface area contributed by atoms with Crippen LogP contribution in [0.25, 0.3) is 0 Å². The molecule has 0 bridgehead atoms. The number of thiophene rings is 1. The molecular formula is C15H20N2O4S. The van der Waals surface area contributed by atoms with E-state index >= 15 is 0 Å². The molecule has 120 valence electrons. The van der Waals surface area contributed by atoms with Gasteiger partial charge in [-0.15, -0.1) is 11.3 Å². The van der Waals surface area contributed by atoms with Gasteiger partial charge in [-0.2, -0.15) is 0 Å². The van der Waals surface area contributed by atoms with Crippen molar-refractivity contribution in [2.45, 2.75) is 19.3 Å². The average molecular weight is 324 g/mol. The third-order valence-electron chi connectivity index (χ3n) is 3.83. The lowest BCUT2D eigenvalue weighted by Gasteiger charge is -2.32. The van der Waals surface area contributed by atoms with Crippen LogP contribution in [0.2, 0.25) is 0 Å². The number of likely N-dealkylation sites (N-methyl/N-ethyl adjacent to an activating group) is 1. The summed E-state index contributed by atoms with van der Waals surface area (Å²) >= 11 is 1.51. The molecule has 6 nitrogen and oxygen atoms in total. The lowest BCUT2D eigenvalue weighted by molar-refractivity contribution is -0.147. The summed E-state index contributed by atoms with van der Waals surface area (Å²) in [5.74, 6) is -1.65. The van der Waals surface area contributed by atoms with Gasteiger partial charge >= 0.3 is 5.97 Å². The van der Waals surface area contributed by atoms with Gasteiger partial charge in [-0.05, 0) is 24.3 Å². The van der Waals surface area contributed by atoms with Crippen LogP contribution in [0, 0.1) is 5.92 Å². The van der Waals surface area contributed by atoms with Gasteiger partial charge in [0.1, 0.15) is 0 Å². The van der Waals surface area contributed by atoms with Crippen LogP contribution >= 0.6 is 11.3 Å². The summed E-state index contributed by atoms with van der Waals surface area (Å²) in [5.41, 5.74) is 0. The van der Waals surface area contributed by atoms with E-state index in [9.17, 15) is 14.4 Å². The molecule has 1 aliphatic heterocycles. The van der Waals surface area contributed by atoms with Crippen molar-refractivity contribution in [1.29, 1.82) is 0 Å². The van der Waals surface area contributed by atoms with E-state index in [1.165, 1.54) is 16.2 Å². The van der Waals surface area contributed by atoms with E-state index in [0.29, 0.717) is 25.8 Å². The zero-order chi connectivity index (χ0) is 16.1. The van der Waals surface area contributed by atoms with Crippen molar-refractivity contribution in [2.24, 2.45) is 5.92 Å². The Kier molecular flexibility index (Phi) is 5.54. The topological polar surface area (TPSA) is 77.9 Å². The molecule has 0 aromatic carbocycles. The number of carbonyl (C=O) groups excluding carboxylic acids is 2. The molecule has 2 heterocycles. The first-order chi connectivity index (χ1) is 10.5. The molecule has 2 amide bonds. The fourth-order valence-electron chi connectivity index (χ4n) is 2.49. The summed E-state index contributed by atoms with van der Waals surface area (Å²) in [7, 11) is 1.60. The van der Waals surface area contributed by atoms with Gasteiger partial charge < -0.3 is 14.9 Å². The highest BCUT2D eigenvalue weighted by molar-refractivity contribution is 7.10. The molecule has 1 aliphatic rings. The first-order valence-electron chi connectivity index (χ1n) is 7.24. The number of hydrogen-bond donors (Lipinski definition) is 1. The van der Waals surface area contributed by atoms with E-state index in [1.54, 1.807) is 11.9 Å². The van der Waals surface area contributed by atoms with Crippen LogP contribution in [0.1, 0.15) is 17.7 Å². The highest BCUT2D eigenvalue weighted by Crippen LogP contribution is 2.17. The van der Waals surface area contributed by atoms with Crippen molar-refractivity contribution in [3.63, 3.8) is 0 Å². The monoisotopic (exact) mass is 324 g/mol. The molecule has 1 saturated heterocycles. The maximum atomic E-state index is 12.2. The molecule has 2 rings (SSSR count). The van der Waals surface area contributed by atoms with Crippen molar-refractivity contribution >= 4 is 29.1 Å². The quantitative estimate of drug-likeness (QED) is 0.879. The number of aliphatic carboxylic acids is 1. The summed E-state index contributed by atoms with van der Waals surface area (Å²) in [4.78, 5) is 39.3. The SMILES string of the molecule is CN(CC(=O)N1CCCC(C(=O)O)C1)C(=O)Cc1cccs1. The van der Waals surface area contributed by atoms with E-state index in [4.69, 9.17) is 5.11 Å². The number of likely N-dealkylation sites (tertiary alicyclic amines) is 1. The van der Waals surface area contributed by atoms with Gasteiger partial charge in [0.2, 0.25) is 11.8 Å². The second kappa shape index (κ2) is 7.40. The average Bonchev–Trinajstić information content (AvgIpc) is 3.00. The zero-order valence-corrected chi connectivity index (χ0v) is 13.3. The molecule has 0 saturated carbocycles. The molecule has 0 radical (unpaired) electrons. The highest BCUT2D eigenvalue weighted by Gasteiger charge is 2.28. The molecular weight excluding hydrogens is 304 g/mol. The van der Waals surface area contributed by atoms with E-state index < -0.39 is 11.9 Å². The lowest BCUT2D eigenvalue weighted by atomic mass is 9.98. The smallest absolute Gasteiger partial charge is 0.308 e. The van der Waals surface area contributed by atoms with Crippen LogP contribution in [-0.4, -0.2) is 59.4 Å². The van der Waals surface area contributed by atoms with Crippen LogP contribution < -0.4 is 0 Å². The van der Waals surface area contributed by atoms with Crippen LogP contribution in [0.4, 0.5) is 0 Å². The number of amides is 2. The van der Waals surface area contributed by atoms with Gasteiger partial charge in [-0.25, -0.2) is 0 Å². The van der Waals surface area contributed by atoms with E-state index in [2.05, 4.69) is 0 Å². The van der Waals surface area contributed by atoms with Crippen molar-refractivity contribution in [2.75, 3.05) is 26.7 Å². The van der Waals surface area contributed by atoms with Crippen molar-refractivity contribution in [3.05, 3.63) is 22.4 Å². The standard InChI is InChI=1S/C15H20N2O4S/c1-16(13(18)8-12-5-3-7-22-12)10-14(19)17-6-2-4-11(9-17)15(20)21/h3,5,7,11H,2,4,6,8-10H2,1H3,(H,20,21). The van der Waals surface area contributed by atoms with Gasteiger partial charge in [-0.3, -0.25) is 14.4 Å². The Morgan fingerprint density at radius 2 is 2.23 bits per heavy atom. The molecule has 22 heavy (non-hydrogen) atoms. The number of nitrogens with zero attached hydrogens (tertiary/aromatic N) is 2. The first-order valence-corrected chi connectivity index (χ1v) is 8.12. The second-order valence-corrected chi connectivity index (χ2v) is 6.56. The predicted molar refractivity (Wildman–Crippen MR) is 82.6 cm³/mol. The summed E-state index contributed by atoms with van der Waals surface area (Å²) < 4.78 is 0. The minimum Gasteiger partial charge on any atom is -0.481 e. The third-order valence-corrected chi connectivity index (χ3v) is 4.70. The van der Waals surface area contributed by atoms with Gasteiger partial charge in [0, 0.05) is 25.0 Å². The predicted octanol–water partition coefficient (Wildman–Crippen LogP) is 1.07. The normalized spacial score (nSPS) is 18.0. The molecule has 0 aliphatic carbocycles. The van der Waals surface area contributed by atoms with E-state index in [-0.39, 0.29) is 24.9 Å². The Morgan fingerprint density at radius 3 is 2.86 bits per heavy atom. The molecule has 1 aromatic rings. The Hall–Kier alpha value is -1.89. The first kappa shape index (κ1) is 16.5. The maximum absolute atomic E-state index is 12.2.